The van der Waals surface area contributed by atoms with Crippen LogP contribution in [0.15, 0.2) is 48.8 Å². The van der Waals surface area contributed by atoms with Gasteiger partial charge in [0.15, 0.2) is 18.2 Å². The number of aryl methyl sites for hydroxylation is 1. The quantitative estimate of drug-likeness (QED) is 0.400. The summed E-state index contributed by atoms with van der Waals surface area (Å²) >= 11 is 0. The molecule has 0 N–H and O–H groups in total. The largest absolute Gasteiger partial charge is 1.00 e. The minimum absolute atomic E-state index is 0. The van der Waals surface area contributed by atoms with Crippen molar-refractivity contribution in [1.82, 2.24) is 14.8 Å². The Morgan fingerprint density at radius 1 is 1.15 bits per heavy atom. The van der Waals surface area contributed by atoms with Gasteiger partial charge in [-0.05, 0) is 30.7 Å². The van der Waals surface area contributed by atoms with Gasteiger partial charge in [0.05, 0.1) is 7.11 Å². The zero-order chi connectivity index (χ0) is 17.2. The maximum absolute atomic E-state index is 12.4. The van der Waals surface area contributed by atoms with Crippen molar-refractivity contribution in [2.75, 3.05) is 7.11 Å². The fourth-order valence-corrected chi connectivity index (χ4v) is 3.11. The SMILES string of the molecule is COc1ccc(C(=O)C[n+]2ccc(-c3nnc4n3CCC4)cc2)cc1.[Br-]. The normalized spacial score (nSPS) is 12.3. The second-order valence-electron chi connectivity index (χ2n) is 6.11. The van der Waals surface area contributed by atoms with Crippen molar-refractivity contribution >= 4 is 5.78 Å². The van der Waals surface area contributed by atoms with Crippen LogP contribution in [0.2, 0.25) is 0 Å². The van der Waals surface area contributed by atoms with E-state index in [1.54, 1.807) is 31.4 Å². The molecule has 0 aliphatic carbocycles. The highest BCUT2D eigenvalue weighted by Gasteiger charge is 2.19. The van der Waals surface area contributed by atoms with Gasteiger partial charge in [0.25, 0.3) is 0 Å². The summed E-state index contributed by atoms with van der Waals surface area (Å²) in [5, 5.41) is 8.53. The van der Waals surface area contributed by atoms with Gasteiger partial charge >= 0.3 is 0 Å². The van der Waals surface area contributed by atoms with E-state index in [9.17, 15) is 4.79 Å². The van der Waals surface area contributed by atoms with Crippen LogP contribution in [0.1, 0.15) is 22.6 Å². The number of methoxy groups -OCH3 is 1. The lowest BCUT2D eigenvalue weighted by Crippen LogP contribution is -3.00. The minimum Gasteiger partial charge on any atom is -1.00 e. The Balaban J connectivity index is 0.00000196. The van der Waals surface area contributed by atoms with E-state index in [2.05, 4.69) is 14.8 Å². The number of pyridine rings is 1. The van der Waals surface area contributed by atoms with E-state index in [0.29, 0.717) is 12.1 Å². The first kappa shape index (κ1) is 18.3. The highest BCUT2D eigenvalue weighted by molar-refractivity contribution is 5.95. The summed E-state index contributed by atoms with van der Waals surface area (Å²) < 4.78 is 9.16. The lowest BCUT2D eigenvalue weighted by Gasteiger charge is -2.03. The number of halogens is 1. The number of ether oxygens (including phenoxy) is 1. The Hall–Kier alpha value is -2.54. The van der Waals surface area contributed by atoms with Crippen LogP contribution in [0.4, 0.5) is 0 Å². The number of ketones is 1. The van der Waals surface area contributed by atoms with Crippen LogP contribution < -0.4 is 26.3 Å². The maximum Gasteiger partial charge on any atom is 0.227 e. The van der Waals surface area contributed by atoms with Gasteiger partial charge in [-0.3, -0.25) is 4.79 Å². The smallest absolute Gasteiger partial charge is 0.227 e. The first-order valence-corrected chi connectivity index (χ1v) is 8.33. The van der Waals surface area contributed by atoms with Gasteiger partial charge < -0.3 is 26.3 Å². The standard InChI is InChI=1S/C19H19N4O2.BrH/c1-25-16-6-4-14(5-7-16)17(24)13-22-11-8-15(9-12-22)19-21-20-18-3-2-10-23(18)19;/h4-9,11-12H,2-3,10,13H2,1H3;1H/q+1;/p-1. The number of benzene rings is 1. The van der Waals surface area contributed by atoms with Crippen LogP contribution in [0.25, 0.3) is 11.4 Å². The van der Waals surface area contributed by atoms with Crippen molar-refractivity contribution in [2.45, 2.75) is 25.9 Å². The zero-order valence-electron chi connectivity index (χ0n) is 14.4. The summed E-state index contributed by atoms with van der Waals surface area (Å²) in [4.78, 5) is 12.4. The zero-order valence-corrected chi connectivity index (χ0v) is 16.0. The molecule has 7 heteroatoms. The molecule has 0 saturated carbocycles. The second kappa shape index (κ2) is 7.78. The Bertz CT molecular complexity index is 904. The lowest BCUT2D eigenvalue weighted by atomic mass is 10.1. The summed E-state index contributed by atoms with van der Waals surface area (Å²) in [5.74, 6) is 2.76. The average Bonchev–Trinajstić information content (AvgIpc) is 3.26. The van der Waals surface area contributed by atoms with Crippen molar-refractivity contribution < 1.29 is 31.1 Å². The number of fused-ring (bicyclic) bond motifs is 1. The van der Waals surface area contributed by atoms with Crippen LogP contribution in [-0.4, -0.2) is 27.7 Å². The lowest BCUT2D eigenvalue weighted by molar-refractivity contribution is -0.683. The molecule has 3 aromatic rings. The van der Waals surface area contributed by atoms with E-state index in [1.807, 2.05) is 29.1 Å². The number of rotatable bonds is 5. The Morgan fingerprint density at radius 3 is 2.58 bits per heavy atom. The third-order valence-electron chi connectivity index (χ3n) is 4.50. The number of aromatic nitrogens is 4. The molecule has 0 bridgehead atoms. The number of hydrogen-bond donors (Lipinski definition) is 0. The molecule has 1 aromatic carbocycles. The molecule has 0 spiro atoms. The molecule has 0 saturated heterocycles. The molecule has 1 aliphatic rings. The van der Waals surface area contributed by atoms with Crippen molar-refractivity contribution in [2.24, 2.45) is 0 Å². The maximum atomic E-state index is 12.4. The Morgan fingerprint density at radius 2 is 1.88 bits per heavy atom. The molecule has 1 aliphatic heterocycles. The Kier molecular flexibility index (Phi) is 5.46. The van der Waals surface area contributed by atoms with Crippen LogP contribution in [0.5, 0.6) is 5.75 Å². The van der Waals surface area contributed by atoms with Gasteiger partial charge in [-0.25, -0.2) is 0 Å². The van der Waals surface area contributed by atoms with Crippen LogP contribution in [0, 0.1) is 0 Å². The molecule has 4 rings (SSSR count). The molecular formula is C19H19BrN4O2. The van der Waals surface area contributed by atoms with E-state index < -0.39 is 0 Å². The minimum atomic E-state index is 0. The van der Waals surface area contributed by atoms with Gasteiger partial charge in [0.2, 0.25) is 12.3 Å². The van der Waals surface area contributed by atoms with Crippen molar-refractivity contribution in [3.05, 3.63) is 60.2 Å². The molecule has 26 heavy (non-hydrogen) atoms. The molecule has 0 radical (unpaired) electrons. The second-order valence-corrected chi connectivity index (χ2v) is 6.11. The first-order chi connectivity index (χ1) is 12.2. The average molecular weight is 415 g/mol. The predicted molar refractivity (Wildman–Crippen MR) is 91.3 cm³/mol. The van der Waals surface area contributed by atoms with E-state index in [-0.39, 0.29) is 22.8 Å². The molecule has 3 heterocycles. The number of carbonyl (C=O) groups excluding carboxylic acids is 1. The van der Waals surface area contributed by atoms with Gasteiger partial charge in [0.1, 0.15) is 11.6 Å². The van der Waals surface area contributed by atoms with Crippen LogP contribution >= 0.6 is 0 Å². The molecule has 0 unspecified atom stereocenters. The third kappa shape index (κ3) is 3.53. The highest BCUT2D eigenvalue weighted by atomic mass is 79.9. The summed E-state index contributed by atoms with van der Waals surface area (Å²) in [5.41, 5.74) is 1.70. The van der Waals surface area contributed by atoms with Crippen molar-refractivity contribution in [1.29, 1.82) is 0 Å². The van der Waals surface area contributed by atoms with Gasteiger partial charge in [-0.1, -0.05) is 0 Å². The van der Waals surface area contributed by atoms with E-state index in [1.165, 1.54) is 0 Å². The fourth-order valence-electron chi connectivity index (χ4n) is 3.11. The third-order valence-corrected chi connectivity index (χ3v) is 4.50. The molecule has 0 atom stereocenters. The van der Waals surface area contributed by atoms with Gasteiger partial charge in [0, 0.05) is 36.2 Å². The van der Waals surface area contributed by atoms with Gasteiger partial charge in [-0.15, -0.1) is 10.2 Å². The summed E-state index contributed by atoms with van der Waals surface area (Å²) in [6.07, 6.45) is 5.94. The number of Topliss-reactive ketones (excluding diaryl/α,β-unsaturated/α-hetero) is 1. The highest BCUT2D eigenvalue weighted by Crippen LogP contribution is 2.22. The fraction of sp³-hybridized carbons (Fsp3) is 0.263. The monoisotopic (exact) mass is 414 g/mol. The first-order valence-electron chi connectivity index (χ1n) is 8.33. The van der Waals surface area contributed by atoms with E-state index in [4.69, 9.17) is 4.74 Å². The topological polar surface area (TPSA) is 60.9 Å². The molecule has 6 nitrogen and oxygen atoms in total. The number of carbonyl (C=O) groups is 1. The van der Waals surface area contributed by atoms with E-state index >= 15 is 0 Å². The van der Waals surface area contributed by atoms with Crippen molar-refractivity contribution in [3.63, 3.8) is 0 Å². The molecule has 0 fully saturated rings. The number of hydrogen-bond acceptors (Lipinski definition) is 4. The van der Waals surface area contributed by atoms with Gasteiger partial charge in [-0.2, -0.15) is 4.57 Å². The molecule has 0 amide bonds. The van der Waals surface area contributed by atoms with Crippen LogP contribution in [0.3, 0.4) is 0 Å². The molecule has 2 aromatic heterocycles. The van der Waals surface area contributed by atoms with E-state index in [0.717, 1.165) is 42.3 Å². The predicted octanol–water partition coefficient (Wildman–Crippen LogP) is -0.926. The number of nitrogens with zero attached hydrogens (tertiary/aromatic N) is 4. The summed E-state index contributed by atoms with van der Waals surface area (Å²) in [7, 11) is 1.61. The molecule has 134 valence electrons. The Labute approximate surface area is 162 Å². The van der Waals surface area contributed by atoms with Crippen molar-refractivity contribution in [3.8, 4) is 17.1 Å². The summed E-state index contributed by atoms with van der Waals surface area (Å²) in [6.45, 7) is 1.27. The summed E-state index contributed by atoms with van der Waals surface area (Å²) in [6, 6.07) is 11.1. The van der Waals surface area contributed by atoms with Crippen LogP contribution in [-0.2, 0) is 19.5 Å². The molecular weight excluding hydrogens is 396 g/mol.